The summed E-state index contributed by atoms with van der Waals surface area (Å²) in [6.45, 7) is 4.42. The Morgan fingerprint density at radius 2 is 1.89 bits per heavy atom. The molecule has 1 heterocycles. The number of carbonyl (C=O) groups is 2. The minimum atomic E-state index is -0.684. The van der Waals surface area contributed by atoms with Gasteiger partial charge in [0.15, 0.2) is 0 Å². The van der Waals surface area contributed by atoms with Crippen LogP contribution in [0.3, 0.4) is 0 Å². The van der Waals surface area contributed by atoms with Gasteiger partial charge in [-0.25, -0.2) is 0 Å². The first-order valence-electron chi connectivity index (χ1n) is 5.23. The van der Waals surface area contributed by atoms with Crippen molar-refractivity contribution in [3.05, 3.63) is 22.1 Å². The Kier molecular flexibility index (Phi) is 4.33. The van der Waals surface area contributed by atoms with Gasteiger partial charge in [0.25, 0.3) is 11.8 Å². The first-order valence-corrected chi connectivity index (χ1v) is 6.05. The summed E-state index contributed by atoms with van der Waals surface area (Å²) >= 11 is 1.03. The van der Waals surface area contributed by atoms with Gasteiger partial charge in [-0.05, 0) is 13.8 Å². The largest absolute Gasteiger partial charge is 0.397 e. The molecule has 0 atom stereocenters. The minimum absolute atomic E-state index is 0.0414. The molecule has 0 bridgehead atoms. The van der Waals surface area contributed by atoms with Gasteiger partial charge in [0, 0.05) is 6.54 Å². The van der Waals surface area contributed by atoms with Gasteiger partial charge in [-0.3, -0.25) is 9.59 Å². The zero-order valence-corrected chi connectivity index (χ0v) is 11.1. The van der Waals surface area contributed by atoms with E-state index in [9.17, 15) is 9.59 Å². The third kappa shape index (κ3) is 3.01. The van der Waals surface area contributed by atoms with Crippen molar-refractivity contribution >= 4 is 33.8 Å². The molecule has 1 rings (SSSR count). The van der Waals surface area contributed by atoms with Crippen LogP contribution in [-0.4, -0.2) is 18.4 Å². The van der Waals surface area contributed by atoms with Crippen LogP contribution in [-0.2, 0) is 0 Å². The van der Waals surface area contributed by atoms with E-state index in [1.807, 2.05) is 19.9 Å². The Bertz CT molecular complexity index is 515. The number of primary amides is 2. The Hall–Kier alpha value is -2.02. The quantitative estimate of drug-likeness (QED) is 0.592. The molecule has 0 saturated heterocycles. The average molecular weight is 268 g/mol. The van der Waals surface area contributed by atoms with Crippen molar-refractivity contribution in [2.45, 2.75) is 13.8 Å². The Morgan fingerprint density at radius 3 is 2.33 bits per heavy atom. The van der Waals surface area contributed by atoms with Gasteiger partial charge >= 0.3 is 0 Å². The minimum Gasteiger partial charge on any atom is -0.397 e. The number of nitrogen functional groups attached to an aromatic ring is 1. The van der Waals surface area contributed by atoms with Crippen LogP contribution in [0.15, 0.2) is 11.6 Å². The van der Waals surface area contributed by atoms with E-state index in [2.05, 4.69) is 5.32 Å². The number of hydrogen-bond acceptors (Lipinski definition) is 5. The molecule has 0 aliphatic heterocycles. The molecule has 0 saturated carbocycles. The summed E-state index contributed by atoms with van der Waals surface area (Å²) in [4.78, 5) is 22.6. The molecule has 0 aliphatic rings. The number of rotatable bonds is 5. The maximum atomic E-state index is 11.3. The molecule has 2 amide bonds. The van der Waals surface area contributed by atoms with Crippen LogP contribution in [0, 0.1) is 0 Å². The molecule has 7 N–H and O–H groups in total. The molecule has 0 radical (unpaired) electrons. The number of nitrogens with one attached hydrogen (secondary N) is 1. The number of carbonyl (C=O) groups excluding carboxylic acids is 2. The lowest BCUT2D eigenvalue weighted by atomic mass is 10.2. The first kappa shape index (κ1) is 14.0. The zero-order chi connectivity index (χ0) is 13.9. The lowest BCUT2D eigenvalue weighted by Gasteiger charge is -2.03. The Balaban J connectivity index is 3.10. The highest BCUT2D eigenvalue weighted by Gasteiger charge is 2.22. The number of amides is 2. The van der Waals surface area contributed by atoms with Crippen molar-refractivity contribution in [3.8, 4) is 0 Å². The number of anilines is 2. The van der Waals surface area contributed by atoms with Gasteiger partial charge in [-0.15, -0.1) is 11.3 Å². The van der Waals surface area contributed by atoms with Crippen molar-refractivity contribution < 1.29 is 9.59 Å². The van der Waals surface area contributed by atoms with Gasteiger partial charge in [-0.1, -0.05) is 11.6 Å². The van der Waals surface area contributed by atoms with Gasteiger partial charge < -0.3 is 22.5 Å². The Morgan fingerprint density at radius 1 is 1.28 bits per heavy atom. The highest BCUT2D eigenvalue weighted by molar-refractivity contribution is 7.19. The molecule has 0 aromatic carbocycles. The van der Waals surface area contributed by atoms with Gasteiger partial charge in [-0.2, -0.15) is 0 Å². The number of nitrogens with two attached hydrogens (primary N) is 3. The van der Waals surface area contributed by atoms with Crippen molar-refractivity contribution in [2.75, 3.05) is 17.6 Å². The third-order valence-corrected chi connectivity index (χ3v) is 3.37. The van der Waals surface area contributed by atoms with Crippen molar-refractivity contribution in [1.82, 2.24) is 0 Å². The highest BCUT2D eigenvalue weighted by Crippen LogP contribution is 2.34. The van der Waals surface area contributed by atoms with E-state index in [0.29, 0.717) is 11.5 Å². The maximum Gasteiger partial charge on any atom is 0.260 e. The molecule has 0 aliphatic carbocycles. The van der Waals surface area contributed by atoms with Crippen molar-refractivity contribution in [2.24, 2.45) is 11.5 Å². The smallest absolute Gasteiger partial charge is 0.260 e. The van der Waals surface area contributed by atoms with Crippen LogP contribution in [0.4, 0.5) is 10.7 Å². The first-order chi connectivity index (χ1) is 8.34. The van der Waals surface area contributed by atoms with Crippen LogP contribution in [0.1, 0.15) is 33.9 Å². The molecule has 0 unspecified atom stereocenters. The summed E-state index contributed by atoms with van der Waals surface area (Å²) < 4.78 is 0. The summed E-state index contributed by atoms with van der Waals surface area (Å²) in [7, 11) is 0. The molecule has 1 aromatic rings. The van der Waals surface area contributed by atoms with E-state index in [1.54, 1.807) is 0 Å². The molecule has 18 heavy (non-hydrogen) atoms. The van der Waals surface area contributed by atoms with Gasteiger partial charge in [0.1, 0.15) is 9.88 Å². The Labute approximate surface area is 109 Å². The summed E-state index contributed by atoms with van der Waals surface area (Å²) in [5.74, 6) is -1.36. The lowest BCUT2D eigenvalue weighted by Crippen LogP contribution is -2.16. The zero-order valence-electron chi connectivity index (χ0n) is 10.2. The molecule has 0 fully saturated rings. The van der Waals surface area contributed by atoms with Gasteiger partial charge in [0.05, 0.1) is 11.3 Å². The van der Waals surface area contributed by atoms with E-state index in [-0.39, 0.29) is 16.1 Å². The van der Waals surface area contributed by atoms with E-state index in [0.717, 1.165) is 16.9 Å². The molecule has 1 aromatic heterocycles. The van der Waals surface area contributed by atoms with E-state index >= 15 is 0 Å². The van der Waals surface area contributed by atoms with Crippen LogP contribution in [0.25, 0.3) is 0 Å². The fourth-order valence-corrected chi connectivity index (χ4v) is 2.33. The van der Waals surface area contributed by atoms with Crippen LogP contribution in [0.5, 0.6) is 0 Å². The van der Waals surface area contributed by atoms with E-state index < -0.39 is 11.8 Å². The molecular formula is C11H16N4O2S. The number of thiophene rings is 1. The third-order valence-electron chi connectivity index (χ3n) is 2.19. The second kappa shape index (κ2) is 5.54. The summed E-state index contributed by atoms with van der Waals surface area (Å²) in [6, 6.07) is 0. The number of allylic oxidation sites excluding steroid dienone is 1. The summed E-state index contributed by atoms with van der Waals surface area (Å²) in [6.07, 6.45) is 1.94. The molecule has 0 spiro atoms. The molecular weight excluding hydrogens is 252 g/mol. The predicted octanol–water partition coefficient (Wildman–Crippen LogP) is 0.906. The van der Waals surface area contributed by atoms with Crippen molar-refractivity contribution in [3.63, 3.8) is 0 Å². The maximum absolute atomic E-state index is 11.3. The molecule has 7 heteroatoms. The van der Waals surface area contributed by atoms with Gasteiger partial charge in [0.2, 0.25) is 0 Å². The monoisotopic (exact) mass is 268 g/mol. The average Bonchev–Trinajstić information content (AvgIpc) is 2.55. The SMILES string of the molecule is CC(C)=CCNc1sc(C(N)=O)c(N)c1C(N)=O. The second-order valence-electron chi connectivity index (χ2n) is 3.94. The van der Waals surface area contributed by atoms with Crippen molar-refractivity contribution in [1.29, 1.82) is 0 Å². The fourth-order valence-electron chi connectivity index (χ4n) is 1.34. The molecule has 98 valence electrons. The number of hydrogen-bond donors (Lipinski definition) is 4. The van der Waals surface area contributed by atoms with Crippen LogP contribution >= 0.6 is 11.3 Å². The van der Waals surface area contributed by atoms with Crippen LogP contribution < -0.4 is 22.5 Å². The van der Waals surface area contributed by atoms with Crippen LogP contribution in [0.2, 0.25) is 0 Å². The predicted molar refractivity (Wildman–Crippen MR) is 73.7 cm³/mol. The summed E-state index contributed by atoms with van der Waals surface area (Å²) in [5.41, 5.74) is 17.4. The lowest BCUT2D eigenvalue weighted by molar-refractivity contribution is 0.0999. The topological polar surface area (TPSA) is 124 Å². The standard InChI is InChI=1S/C11H16N4O2S/c1-5(2)3-4-15-11-6(9(13)16)7(12)8(18-11)10(14)17/h3,15H,4,12H2,1-2H3,(H2,13,16)(H2,14,17). The molecule has 6 nitrogen and oxygen atoms in total. The summed E-state index contributed by atoms with van der Waals surface area (Å²) in [5, 5.41) is 3.46. The van der Waals surface area contributed by atoms with E-state index in [4.69, 9.17) is 17.2 Å². The second-order valence-corrected chi connectivity index (χ2v) is 4.96. The fraction of sp³-hybridized carbons (Fsp3) is 0.273. The van der Waals surface area contributed by atoms with E-state index in [1.165, 1.54) is 0 Å². The highest BCUT2D eigenvalue weighted by atomic mass is 32.1. The normalized spacial score (nSPS) is 9.89.